The molecule has 0 saturated heterocycles. The van der Waals surface area contributed by atoms with Gasteiger partial charge in [-0.1, -0.05) is 12.1 Å². The number of nitrogens with zero attached hydrogens (tertiary/aromatic N) is 3. The van der Waals surface area contributed by atoms with Crippen LogP contribution in [0, 0.1) is 5.82 Å². The van der Waals surface area contributed by atoms with Crippen molar-refractivity contribution in [3.8, 4) is 0 Å². The van der Waals surface area contributed by atoms with Crippen molar-refractivity contribution < 1.29 is 9.18 Å². The number of hydrogen-bond donors (Lipinski definition) is 1. The molecule has 2 N–H and O–H groups in total. The molecule has 0 aliphatic carbocycles. The first-order chi connectivity index (χ1) is 8.50. The van der Waals surface area contributed by atoms with Gasteiger partial charge in [0.05, 0.1) is 11.4 Å². The minimum Gasteiger partial charge on any atom is -0.396 e. The lowest BCUT2D eigenvalue weighted by molar-refractivity contribution is 0.0987. The van der Waals surface area contributed by atoms with Gasteiger partial charge >= 0.3 is 0 Å². The molecule has 0 saturated carbocycles. The molecule has 18 heavy (non-hydrogen) atoms. The minimum atomic E-state index is -0.470. The standard InChI is InChI=1S/C12H13FN4O/c1-16-7-9(14)11(15-16)12(18)17(2)10-6-4-3-5-8(10)13/h3-7H,14H2,1-2H3. The lowest BCUT2D eigenvalue weighted by Gasteiger charge is -2.16. The van der Waals surface area contributed by atoms with Gasteiger partial charge in [0.25, 0.3) is 5.91 Å². The Morgan fingerprint density at radius 3 is 2.67 bits per heavy atom. The number of benzene rings is 1. The van der Waals surface area contributed by atoms with Gasteiger partial charge in [0, 0.05) is 20.3 Å². The van der Waals surface area contributed by atoms with Crippen molar-refractivity contribution in [2.45, 2.75) is 0 Å². The predicted molar refractivity (Wildman–Crippen MR) is 66.8 cm³/mol. The van der Waals surface area contributed by atoms with Gasteiger partial charge < -0.3 is 10.6 Å². The molecule has 0 aliphatic rings. The van der Waals surface area contributed by atoms with E-state index in [0.29, 0.717) is 0 Å². The summed E-state index contributed by atoms with van der Waals surface area (Å²) in [5.74, 6) is -0.916. The van der Waals surface area contributed by atoms with E-state index >= 15 is 0 Å². The third-order valence-electron chi connectivity index (χ3n) is 2.58. The zero-order valence-electron chi connectivity index (χ0n) is 10.1. The zero-order chi connectivity index (χ0) is 13.3. The highest BCUT2D eigenvalue weighted by molar-refractivity contribution is 6.07. The highest BCUT2D eigenvalue weighted by Gasteiger charge is 2.21. The number of rotatable bonds is 2. The number of halogens is 1. The van der Waals surface area contributed by atoms with Crippen LogP contribution in [0.4, 0.5) is 15.8 Å². The maximum Gasteiger partial charge on any atom is 0.280 e. The summed E-state index contributed by atoms with van der Waals surface area (Å²) in [4.78, 5) is 13.3. The number of amides is 1. The molecule has 0 unspecified atom stereocenters. The van der Waals surface area contributed by atoms with Crippen LogP contribution in [0.1, 0.15) is 10.5 Å². The molecular formula is C12H13FN4O. The van der Waals surface area contributed by atoms with Gasteiger partial charge in [0.15, 0.2) is 5.69 Å². The van der Waals surface area contributed by atoms with Crippen LogP contribution in [-0.4, -0.2) is 22.7 Å². The predicted octanol–water partition coefficient (Wildman–Crippen LogP) is 1.42. The van der Waals surface area contributed by atoms with Crippen LogP contribution >= 0.6 is 0 Å². The molecule has 0 bridgehead atoms. The number of hydrogen-bond acceptors (Lipinski definition) is 3. The Hall–Kier alpha value is -2.37. The molecule has 0 spiro atoms. The molecule has 1 heterocycles. The molecule has 2 rings (SSSR count). The topological polar surface area (TPSA) is 64.2 Å². The number of nitrogens with two attached hydrogens (primary N) is 1. The first kappa shape index (κ1) is 12.1. The SMILES string of the molecule is CN(C(=O)c1nn(C)cc1N)c1ccccc1F. The summed E-state index contributed by atoms with van der Waals surface area (Å²) in [6, 6.07) is 6.03. The summed E-state index contributed by atoms with van der Waals surface area (Å²) >= 11 is 0. The quantitative estimate of drug-likeness (QED) is 0.874. The van der Waals surface area contributed by atoms with Crippen LogP contribution in [0.3, 0.4) is 0 Å². The van der Waals surface area contributed by atoms with Gasteiger partial charge in [0.1, 0.15) is 5.82 Å². The summed E-state index contributed by atoms with van der Waals surface area (Å²) in [7, 11) is 3.14. The summed E-state index contributed by atoms with van der Waals surface area (Å²) in [5, 5.41) is 3.96. The monoisotopic (exact) mass is 248 g/mol. The Labute approximate surface area is 104 Å². The third kappa shape index (κ3) is 2.04. The fraction of sp³-hybridized carbons (Fsp3) is 0.167. The normalized spacial score (nSPS) is 10.4. The number of para-hydroxylation sites is 1. The Balaban J connectivity index is 2.35. The van der Waals surface area contributed by atoms with E-state index in [1.165, 1.54) is 35.0 Å². The fourth-order valence-corrected chi connectivity index (χ4v) is 1.67. The number of anilines is 2. The highest BCUT2D eigenvalue weighted by atomic mass is 19.1. The van der Waals surface area contributed by atoms with E-state index in [-0.39, 0.29) is 17.1 Å². The van der Waals surface area contributed by atoms with Gasteiger partial charge in [0.2, 0.25) is 0 Å². The van der Waals surface area contributed by atoms with E-state index in [0.717, 1.165) is 0 Å². The van der Waals surface area contributed by atoms with Crippen LogP contribution in [0.25, 0.3) is 0 Å². The average molecular weight is 248 g/mol. The van der Waals surface area contributed by atoms with Crippen LogP contribution in [-0.2, 0) is 7.05 Å². The van der Waals surface area contributed by atoms with E-state index in [1.807, 2.05) is 0 Å². The van der Waals surface area contributed by atoms with Crippen molar-refractivity contribution >= 4 is 17.3 Å². The molecule has 0 fully saturated rings. The molecule has 0 atom stereocenters. The molecule has 94 valence electrons. The van der Waals surface area contributed by atoms with Crippen LogP contribution in [0.2, 0.25) is 0 Å². The van der Waals surface area contributed by atoms with Gasteiger partial charge in [-0.2, -0.15) is 5.10 Å². The van der Waals surface area contributed by atoms with Crippen molar-refractivity contribution in [2.24, 2.45) is 7.05 Å². The number of nitrogen functional groups attached to an aromatic ring is 1. The van der Waals surface area contributed by atoms with Crippen molar-refractivity contribution in [1.29, 1.82) is 0 Å². The Bertz CT molecular complexity index is 594. The first-order valence-corrected chi connectivity index (χ1v) is 5.32. The largest absolute Gasteiger partial charge is 0.396 e. The Morgan fingerprint density at radius 2 is 2.11 bits per heavy atom. The maximum atomic E-state index is 13.6. The summed E-state index contributed by atoms with van der Waals surface area (Å²) in [5.41, 5.74) is 6.24. The molecule has 1 amide bonds. The molecular weight excluding hydrogens is 235 g/mol. The average Bonchev–Trinajstić information content (AvgIpc) is 2.67. The Kier molecular flexibility index (Phi) is 3.01. The highest BCUT2D eigenvalue weighted by Crippen LogP contribution is 2.20. The summed E-state index contributed by atoms with van der Waals surface area (Å²) in [6.45, 7) is 0. The van der Waals surface area contributed by atoms with Crippen LogP contribution in [0.15, 0.2) is 30.5 Å². The molecule has 0 radical (unpaired) electrons. The van der Waals surface area contributed by atoms with Gasteiger partial charge in [-0.05, 0) is 12.1 Å². The van der Waals surface area contributed by atoms with Gasteiger partial charge in [-0.25, -0.2) is 4.39 Å². The number of carbonyl (C=O) groups is 1. The molecule has 2 aromatic rings. The number of aryl methyl sites for hydroxylation is 1. The first-order valence-electron chi connectivity index (χ1n) is 5.32. The van der Waals surface area contributed by atoms with Crippen LogP contribution in [0.5, 0.6) is 0 Å². The van der Waals surface area contributed by atoms with E-state index in [9.17, 15) is 9.18 Å². The molecule has 5 nitrogen and oxygen atoms in total. The van der Waals surface area contributed by atoms with Crippen molar-refractivity contribution in [3.05, 3.63) is 42.0 Å². The lowest BCUT2D eigenvalue weighted by Crippen LogP contribution is -2.28. The summed E-state index contributed by atoms with van der Waals surface area (Å²) < 4.78 is 15.0. The van der Waals surface area contributed by atoms with E-state index < -0.39 is 11.7 Å². The maximum absolute atomic E-state index is 13.6. The van der Waals surface area contributed by atoms with Crippen molar-refractivity contribution in [2.75, 3.05) is 17.7 Å². The number of aromatic nitrogens is 2. The van der Waals surface area contributed by atoms with E-state index in [2.05, 4.69) is 5.10 Å². The second kappa shape index (κ2) is 4.48. The number of carbonyl (C=O) groups excluding carboxylic acids is 1. The van der Waals surface area contributed by atoms with E-state index in [1.54, 1.807) is 19.2 Å². The Morgan fingerprint density at radius 1 is 1.44 bits per heavy atom. The van der Waals surface area contributed by atoms with Crippen molar-refractivity contribution in [1.82, 2.24) is 9.78 Å². The second-order valence-electron chi connectivity index (χ2n) is 3.92. The zero-order valence-corrected chi connectivity index (χ0v) is 10.1. The third-order valence-corrected chi connectivity index (χ3v) is 2.58. The fourth-order valence-electron chi connectivity index (χ4n) is 1.67. The smallest absolute Gasteiger partial charge is 0.280 e. The van der Waals surface area contributed by atoms with E-state index in [4.69, 9.17) is 5.73 Å². The lowest BCUT2D eigenvalue weighted by atomic mass is 10.2. The molecule has 0 aliphatic heterocycles. The summed E-state index contributed by atoms with van der Waals surface area (Å²) in [6.07, 6.45) is 1.53. The molecule has 1 aromatic heterocycles. The molecule has 6 heteroatoms. The van der Waals surface area contributed by atoms with Crippen molar-refractivity contribution in [3.63, 3.8) is 0 Å². The molecule has 1 aromatic carbocycles. The van der Waals surface area contributed by atoms with Crippen LogP contribution < -0.4 is 10.6 Å². The minimum absolute atomic E-state index is 0.114. The van der Waals surface area contributed by atoms with Gasteiger partial charge in [-0.15, -0.1) is 0 Å². The second-order valence-corrected chi connectivity index (χ2v) is 3.92. The van der Waals surface area contributed by atoms with Gasteiger partial charge in [-0.3, -0.25) is 9.48 Å².